The van der Waals surface area contributed by atoms with Crippen LogP contribution in [0.3, 0.4) is 0 Å². The second-order valence-corrected chi connectivity index (χ2v) is 8.45. The molecule has 0 heterocycles. The van der Waals surface area contributed by atoms with Crippen LogP contribution in [0.4, 0.5) is 0 Å². The number of hydrogen-bond donors (Lipinski definition) is 4. The Kier molecular flexibility index (Phi) is 9.88. The number of halogens is 1. The minimum Gasteiger partial charge on any atom is -0.395 e. The maximum atomic E-state index is 10.2. The zero-order valence-electron chi connectivity index (χ0n) is 18.9. The zero-order valence-corrected chi connectivity index (χ0v) is 19.7. The molecule has 3 aromatic rings. The van der Waals surface area contributed by atoms with Crippen molar-refractivity contribution in [3.63, 3.8) is 0 Å². The molecule has 4 N–H and O–H groups in total. The number of rotatable bonds is 12. The van der Waals surface area contributed by atoms with Crippen molar-refractivity contribution >= 4 is 11.6 Å². The third-order valence-corrected chi connectivity index (χ3v) is 6.40. The van der Waals surface area contributed by atoms with Crippen LogP contribution in [-0.4, -0.2) is 53.1 Å². The van der Waals surface area contributed by atoms with E-state index >= 15 is 0 Å². The van der Waals surface area contributed by atoms with E-state index in [4.69, 9.17) is 11.6 Å². The van der Waals surface area contributed by atoms with Gasteiger partial charge >= 0.3 is 0 Å². The summed E-state index contributed by atoms with van der Waals surface area (Å²) in [6.07, 6.45) is 0. The molecule has 0 fully saturated rings. The van der Waals surface area contributed by atoms with E-state index in [0.29, 0.717) is 18.1 Å². The third-order valence-electron chi connectivity index (χ3n) is 5.97. The van der Waals surface area contributed by atoms with Gasteiger partial charge in [-0.25, -0.2) is 0 Å². The summed E-state index contributed by atoms with van der Waals surface area (Å²) in [6.45, 7) is 2.47. The highest BCUT2D eigenvalue weighted by Gasteiger charge is 2.26. The van der Waals surface area contributed by atoms with Crippen molar-refractivity contribution in [2.24, 2.45) is 0 Å². The summed E-state index contributed by atoms with van der Waals surface area (Å²) in [5, 5.41) is 33.4. The van der Waals surface area contributed by atoms with Crippen molar-refractivity contribution in [1.29, 1.82) is 0 Å². The highest BCUT2D eigenvalue weighted by molar-refractivity contribution is 6.32. The van der Waals surface area contributed by atoms with E-state index in [9.17, 15) is 15.3 Å². The van der Waals surface area contributed by atoms with E-state index < -0.39 is 6.04 Å². The molecule has 176 valence electrons. The molecule has 3 aromatic carbocycles. The Morgan fingerprint density at radius 1 is 0.758 bits per heavy atom. The van der Waals surface area contributed by atoms with Crippen LogP contribution >= 0.6 is 11.6 Å². The van der Waals surface area contributed by atoms with Crippen molar-refractivity contribution in [2.75, 3.05) is 32.9 Å². The number of nitrogens with one attached hydrogen (secondary N) is 1. The monoisotopic (exact) mass is 468 g/mol. The van der Waals surface area contributed by atoms with Gasteiger partial charge in [-0.1, -0.05) is 90.5 Å². The molecule has 0 aliphatic heterocycles. The SMILES string of the molecule is C[C@H](NC(c1ccccc1)c1cccc(C(CO)N(CCO)CCO)c1Cl)c1ccccc1. The van der Waals surface area contributed by atoms with Crippen LogP contribution in [0.25, 0.3) is 0 Å². The highest BCUT2D eigenvalue weighted by Crippen LogP contribution is 2.36. The van der Waals surface area contributed by atoms with Gasteiger partial charge in [0.15, 0.2) is 0 Å². The second kappa shape index (κ2) is 12.8. The van der Waals surface area contributed by atoms with Crippen LogP contribution in [0.5, 0.6) is 0 Å². The lowest BCUT2D eigenvalue weighted by molar-refractivity contribution is 0.0840. The molecule has 5 nitrogen and oxygen atoms in total. The van der Waals surface area contributed by atoms with E-state index in [0.717, 1.165) is 16.7 Å². The van der Waals surface area contributed by atoms with Gasteiger partial charge in [0.1, 0.15) is 0 Å². The summed E-state index contributed by atoms with van der Waals surface area (Å²) in [4.78, 5) is 1.85. The predicted octanol–water partition coefficient (Wildman–Crippen LogP) is 4.10. The first-order valence-corrected chi connectivity index (χ1v) is 11.7. The van der Waals surface area contributed by atoms with Gasteiger partial charge in [-0.3, -0.25) is 10.2 Å². The summed E-state index contributed by atoms with van der Waals surface area (Å²) in [5.74, 6) is 0. The summed E-state index contributed by atoms with van der Waals surface area (Å²) in [7, 11) is 0. The molecule has 0 amide bonds. The molecule has 0 aliphatic rings. The fourth-order valence-corrected chi connectivity index (χ4v) is 4.60. The quantitative estimate of drug-likeness (QED) is 0.322. The summed E-state index contributed by atoms with van der Waals surface area (Å²) < 4.78 is 0. The highest BCUT2D eigenvalue weighted by atomic mass is 35.5. The molecule has 0 spiro atoms. The zero-order chi connectivity index (χ0) is 23.6. The van der Waals surface area contributed by atoms with Gasteiger partial charge in [0, 0.05) is 19.1 Å². The molecule has 0 bridgehead atoms. The molecule has 3 atom stereocenters. The maximum absolute atomic E-state index is 10.2. The van der Waals surface area contributed by atoms with Crippen molar-refractivity contribution in [3.8, 4) is 0 Å². The number of nitrogens with zero attached hydrogens (tertiary/aromatic N) is 1. The van der Waals surface area contributed by atoms with Crippen LogP contribution in [0.1, 0.15) is 47.3 Å². The minimum absolute atomic E-state index is 0.0728. The lowest BCUT2D eigenvalue weighted by Crippen LogP contribution is -2.36. The molecule has 3 rings (SSSR count). The van der Waals surface area contributed by atoms with E-state index in [1.807, 2.05) is 59.5 Å². The van der Waals surface area contributed by atoms with Crippen molar-refractivity contribution in [3.05, 3.63) is 106 Å². The van der Waals surface area contributed by atoms with Crippen molar-refractivity contribution in [2.45, 2.75) is 25.0 Å². The molecule has 6 heteroatoms. The van der Waals surface area contributed by atoms with Gasteiger partial charge < -0.3 is 15.3 Å². The van der Waals surface area contributed by atoms with Crippen LogP contribution in [-0.2, 0) is 0 Å². The van der Waals surface area contributed by atoms with Crippen LogP contribution in [0.2, 0.25) is 5.02 Å². The summed E-state index contributed by atoms with van der Waals surface area (Å²) in [6, 6.07) is 25.7. The number of aliphatic hydroxyl groups is 3. The second-order valence-electron chi connectivity index (χ2n) is 8.07. The van der Waals surface area contributed by atoms with Gasteiger partial charge in [-0.15, -0.1) is 0 Å². The van der Waals surface area contributed by atoms with Gasteiger partial charge in [0.2, 0.25) is 0 Å². The normalized spacial score (nSPS) is 14.2. The van der Waals surface area contributed by atoms with E-state index in [1.165, 1.54) is 5.56 Å². The van der Waals surface area contributed by atoms with Crippen LogP contribution < -0.4 is 5.32 Å². The first-order valence-electron chi connectivity index (χ1n) is 11.3. The molecular formula is C27H33ClN2O3. The van der Waals surface area contributed by atoms with Gasteiger partial charge in [-0.05, 0) is 29.2 Å². The lowest BCUT2D eigenvalue weighted by atomic mass is 9.93. The number of aliphatic hydroxyl groups excluding tert-OH is 3. The Hall–Kier alpha value is -2.25. The van der Waals surface area contributed by atoms with E-state index in [-0.39, 0.29) is 31.9 Å². The molecule has 2 unspecified atom stereocenters. The molecule has 0 aromatic heterocycles. The average molecular weight is 469 g/mol. The first-order chi connectivity index (χ1) is 16.1. The third kappa shape index (κ3) is 6.42. The van der Waals surface area contributed by atoms with Crippen molar-refractivity contribution < 1.29 is 15.3 Å². The average Bonchev–Trinajstić information content (AvgIpc) is 2.85. The Morgan fingerprint density at radius 3 is 1.85 bits per heavy atom. The number of benzene rings is 3. The maximum Gasteiger partial charge on any atom is 0.0629 e. The van der Waals surface area contributed by atoms with Crippen LogP contribution in [0.15, 0.2) is 78.9 Å². The molecule has 0 saturated carbocycles. The Bertz CT molecular complexity index is 966. The van der Waals surface area contributed by atoms with Crippen LogP contribution in [0, 0.1) is 0 Å². The molecule has 33 heavy (non-hydrogen) atoms. The van der Waals surface area contributed by atoms with E-state index in [1.54, 1.807) is 0 Å². The molecule has 0 radical (unpaired) electrons. The molecular weight excluding hydrogens is 436 g/mol. The Balaban J connectivity index is 2.02. The van der Waals surface area contributed by atoms with Gasteiger partial charge in [-0.2, -0.15) is 0 Å². The largest absolute Gasteiger partial charge is 0.395 e. The predicted molar refractivity (Wildman–Crippen MR) is 133 cm³/mol. The van der Waals surface area contributed by atoms with Crippen molar-refractivity contribution in [1.82, 2.24) is 10.2 Å². The fraction of sp³-hybridized carbons (Fsp3) is 0.333. The smallest absolute Gasteiger partial charge is 0.0629 e. The summed E-state index contributed by atoms with van der Waals surface area (Å²) >= 11 is 7.00. The van der Waals surface area contributed by atoms with E-state index in [2.05, 4.69) is 36.5 Å². The van der Waals surface area contributed by atoms with Gasteiger partial charge in [0.25, 0.3) is 0 Å². The molecule has 0 aliphatic carbocycles. The minimum atomic E-state index is -0.431. The Labute approximate surface area is 201 Å². The number of hydrogen-bond acceptors (Lipinski definition) is 5. The Morgan fingerprint density at radius 2 is 1.30 bits per heavy atom. The first kappa shape index (κ1) is 25.4. The lowest BCUT2D eigenvalue weighted by Gasteiger charge is -2.32. The molecule has 0 saturated heterocycles. The topological polar surface area (TPSA) is 76.0 Å². The fourth-order valence-electron chi connectivity index (χ4n) is 4.24. The van der Waals surface area contributed by atoms with Gasteiger partial charge in [0.05, 0.1) is 36.9 Å². The summed E-state index contributed by atoms with van der Waals surface area (Å²) in [5.41, 5.74) is 3.95. The standard InChI is InChI=1S/C27H33ClN2O3/c1-20(21-9-4-2-5-10-21)29-27(22-11-6-3-7-12-22)24-14-8-13-23(26(24)28)25(19-33)30(15-17-31)16-18-32/h2-14,20,25,27,29,31-33H,15-19H2,1H3/t20-,25?,27?/m0/s1.